The van der Waals surface area contributed by atoms with Crippen molar-refractivity contribution in [3.8, 4) is 5.75 Å². The summed E-state index contributed by atoms with van der Waals surface area (Å²) in [5, 5.41) is 13.1. The summed E-state index contributed by atoms with van der Waals surface area (Å²) in [6, 6.07) is 7.38. The Morgan fingerprint density at radius 2 is 2.23 bits per heavy atom. The highest BCUT2D eigenvalue weighted by molar-refractivity contribution is 5.79. The Labute approximate surface area is 132 Å². The highest BCUT2D eigenvalue weighted by Gasteiger charge is 2.19. The molecular weight excluding hydrogens is 278 g/mol. The first-order valence-corrected chi connectivity index (χ1v) is 7.93. The van der Waals surface area contributed by atoms with Gasteiger partial charge in [-0.25, -0.2) is 0 Å². The van der Waals surface area contributed by atoms with Gasteiger partial charge in [0.05, 0.1) is 12.2 Å². The van der Waals surface area contributed by atoms with Crippen LogP contribution >= 0.6 is 0 Å². The molecule has 1 aromatic rings. The maximum absolute atomic E-state index is 12.1. The van der Waals surface area contributed by atoms with E-state index in [0.717, 1.165) is 30.6 Å². The van der Waals surface area contributed by atoms with Gasteiger partial charge in [-0.15, -0.1) is 0 Å². The predicted molar refractivity (Wildman–Crippen MR) is 86.7 cm³/mol. The minimum Gasteiger partial charge on any atom is -0.491 e. The predicted octanol–water partition coefficient (Wildman–Crippen LogP) is 2.98. The van der Waals surface area contributed by atoms with Crippen LogP contribution in [0.1, 0.15) is 44.8 Å². The van der Waals surface area contributed by atoms with Crippen LogP contribution in [-0.4, -0.2) is 23.7 Å². The van der Waals surface area contributed by atoms with E-state index in [2.05, 4.69) is 17.5 Å². The quantitative estimate of drug-likeness (QED) is 0.794. The Hall–Kier alpha value is -1.81. The van der Waals surface area contributed by atoms with Crippen LogP contribution in [0.2, 0.25) is 0 Å². The second kappa shape index (κ2) is 7.99. The van der Waals surface area contributed by atoms with Gasteiger partial charge in [-0.3, -0.25) is 4.79 Å². The van der Waals surface area contributed by atoms with E-state index in [1.54, 1.807) is 0 Å². The molecule has 1 amide bonds. The van der Waals surface area contributed by atoms with E-state index in [1.165, 1.54) is 0 Å². The van der Waals surface area contributed by atoms with Crippen LogP contribution in [0.15, 0.2) is 36.4 Å². The van der Waals surface area contributed by atoms with Crippen molar-refractivity contribution < 1.29 is 14.6 Å². The zero-order chi connectivity index (χ0) is 15.9. The molecule has 0 saturated carbocycles. The first-order valence-electron chi connectivity index (χ1n) is 7.93. The highest BCUT2D eigenvalue weighted by Crippen LogP contribution is 2.21. The summed E-state index contributed by atoms with van der Waals surface area (Å²) >= 11 is 0. The lowest BCUT2D eigenvalue weighted by Crippen LogP contribution is -2.34. The van der Waals surface area contributed by atoms with Crippen LogP contribution in [0.5, 0.6) is 5.75 Å². The van der Waals surface area contributed by atoms with Crippen LogP contribution in [0.4, 0.5) is 0 Å². The molecule has 0 aromatic heterocycles. The summed E-state index contributed by atoms with van der Waals surface area (Å²) in [6.45, 7) is 4.15. The number of rotatable bonds is 6. The maximum atomic E-state index is 12.1. The lowest BCUT2D eigenvalue weighted by atomic mass is 9.93. The van der Waals surface area contributed by atoms with E-state index in [4.69, 9.17) is 4.74 Å². The van der Waals surface area contributed by atoms with Crippen molar-refractivity contribution in [1.82, 2.24) is 5.32 Å². The van der Waals surface area contributed by atoms with Crippen LogP contribution in [0.25, 0.3) is 0 Å². The second-order valence-corrected chi connectivity index (χ2v) is 5.98. The van der Waals surface area contributed by atoms with Gasteiger partial charge in [0.1, 0.15) is 5.75 Å². The Balaban J connectivity index is 1.87. The van der Waals surface area contributed by atoms with E-state index in [0.29, 0.717) is 0 Å². The molecule has 1 aromatic carbocycles. The number of hydrogen-bond acceptors (Lipinski definition) is 3. The summed E-state index contributed by atoms with van der Waals surface area (Å²) in [7, 11) is 0. The number of aliphatic hydroxyl groups excluding tert-OH is 1. The van der Waals surface area contributed by atoms with Gasteiger partial charge in [-0.2, -0.15) is 0 Å². The number of aliphatic hydroxyl groups is 1. The zero-order valence-corrected chi connectivity index (χ0v) is 13.3. The Morgan fingerprint density at radius 1 is 1.41 bits per heavy atom. The maximum Gasteiger partial charge on any atom is 0.223 e. The molecule has 4 nitrogen and oxygen atoms in total. The molecule has 1 aliphatic rings. The molecular formula is C18H25NO3. The van der Waals surface area contributed by atoms with E-state index in [9.17, 15) is 9.90 Å². The Bertz CT molecular complexity index is 525. The first-order chi connectivity index (χ1) is 10.6. The first kappa shape index (κ1) is 16.6. The standard InChI is InChI=1S/C18H25NO3/c1-13(2)22-16-10-6-9-15(11-16)17(20)12-19-18(21)14-7-4-3-5-8-14/h3-4,6,9-11,13-14,17,20H,5,7-8,12H2,1-2H3,(H,19,21). The zero-order valence-electron chi connectivity index (χ0n) is 13.3. The highest BCUT2D eigenvalue weighted by atomic mass is 16.5. The van der Waals surface area contributed by atoms with Gasteiger partial charge in [0.2, 0.25) is 5.91 Å². The monoisotopic (exact) mass is 303 g/mol. The van der Waals surface area contributed by atoms with Gasteiger partial charge < -0.3 is 15.2 Å². The lowest BCUT2D eigenvalue weighted by Gasteiger charge is -2.19. The van der Waals surface area contributed by atoms with Gasteiger partial charge in [0.25, 0.3) is 0 Å². The Kier molecular flexibility index (Phi) is 6.01. The summed E-state index contributed by atoms with van der Waals surface area (Å²) in [6.07, 6.45) is 6.16. The molecule has 0 saturated heterocycles. The van der Waals surface area contributed by atoms with Crippen molar-refractivity contribution in [2.24, 2.45) is 5.92 Å². The molecule has 0 fully saturated rings. The van der Waals surface area contributed by atoms with Crippen molar-refractivity contribution in [1.29, 1.82) is 0 Å². The summed E-state index contributed by atoms with van der Waals surface area (Å²) in [5.41, 5.74) is 0.752. The molecule has 0 heterocycles. The van der Waals surface area contributed by atoms with E-state index in [1.807, 2.05) is 38.1 Å². The van der Waals surface area contributed by atoms with Crippen LogP contribution in [-0.2, 0) is 4.79 Å². The van der Waals surface area contributed by atoms with Crippen LogP contribution < -0.4 is 10.1 Å². The number of carbonyl (C=O) groups excluding carboxylic acids is 1. The average Bonchev–Trinajstić information content (AvgIpc) is 2.52. The lowest BCUT2D eigenvalue weighted by molar-refractivity contribution is -0.125. The molecule has 4 heteroatoms. The number of allylic oxidation sites excluding steroid dienone is 2. The SMILES string of the molecule is CC(C)Oc1cccc(C(O)CNC(=O)C2CC=CCC2)c1. The molecule has 1 aliphatic carbocycles. The molecule has 0 aliphatic heterocycles. The fourth-order valence-electron chi connectivity index (χ4n) is 2.56. The van der Waals surface area contributed by atoms with Gasteiger partial charge >= 0.3 is 0 Å². The van der Waals surface area contributed by atoms with E-state index in [-0.39, 0.29) is 24.5 Å². The van der Waals surface area contributed by atoms with Crippen LogP contribution in [0, 0.1) is 5.92 Å². The molecule has 2 atom stereocenters. The normalized spacial score (nSPS) is 19.0. The largest absolute Gasteiger partial charge is 0.491 e. The van der Waals surface area contributed by atoms with Gasteiger partial charge in [-0.05, 0) is 50.8 Å². The molecule has 2 unspecified atom stereocenters. The molecule has 0 bridgehead atoms. The second-order valence-electron chi connectivity index (χ2n) is 5.98. The molecule has 0 spiro atoms. The number of ether oxygens (including phenoxy) is 1. The third kappa shape index (κ3) is 4.88. The third-order valence-electron chi connectivity index (χ3n) is 3.72. The molecule has 22 heavy (non-hydrogen) atoms. The number of carbonyl (C=O) groups is 1. The van der Waals surface area contributed by atoms with Crippen molar-refractivity contribution in [2.75, 3.05) is 6.54 Å². The fraction of sp³-hybridized carbons (Fsp3) is 0.500. The van der Waals surface area contributed by atoms with Crippen molar-refractivity contribution in [2.45, 2.75) is 45.3 Å². The minimum atomic E-state index is -0.723. The molecule has 120 valence electrons. The number of hydrogen-bond donors (Lipinski definition) is 2. The van der Waals surface area contributed by atoms with E-state index < -0.39 is 6.10 Å². The fourth-order valence-corrected chi connectivity index (χ4v) is 2.56. The third-order valence-corrected chi connectivity index (χ3v) is 3.72. The van der Waals surface area contributed by atoms with Crippen LogP contribution in [0.3, 0.4) is 0 Å². The number of benzene rings is 1. The Morgan fingerprint density at radius 3 is 2.91 bits per heavy atom. The van der Waals surface area contributed by atoms with Gasteiger partial charge in [0, 0.05) is 12.5 Å². The van der Waals surface area contributed by atoms with Crippen molar-refractivity contribution in [3.63, 3.8) is 0 Å². The minimum absolute atomic E-state index is 0.0259. The molecule has 2 rings (SSSR count). The summed E-state index contributed by atoms with van der Waals surface area (Å²) < 4.78 is 5.62. The van der Waals surface area contributed by atoms with Crippen molar-refractivity contribution in [3.05, 3.63) is 42.0 Å². The van der Waals surface area contributed by atoms with E-state index >= 15 is 0 Å². The van der Waals surface area contributed by atoms with Gasteiger partial charge in [0.15, 0.2) is 0 Å². The topological polar surface area (TPSA) is 58.6 Å². The smallest absolute Gasteiger partial charge is 0.223 e. The number of nitrogens with one attached hydrogen (secondary N) is 1. The summed E-state index contributed by atoms with van der Waals surface area (Å²) in [5.74, 6) is 0.793. The van der Waals surface area contributed by atoms with Gasteiger partial charge in [-0.1, -0.05) is 24.3 Å². The average molecular weight is 303 g/mol. The molecule has 0 radical (unpaired) electrons. The van der Waals surface area contributed by atoms with Crippen molar-refractivity contribution >= 4 is 5.91 Å². The number of amides is 1. The molecule has 2 N–H and O–H groups in total. The summed E-state index contributed by atoms with van der Waals surface area (Å²) in [4.78, 5) is 12.1.